The maximum Gasteiger partial charge on any atom is 0.331 e. The molecule has 1 saturated heterocycles. The second kappa shape index (κ2) is 5.82. The van der Waals surface area contributed by atoms with Gasteiger partial charge in [-0.3, -0.25) is 4.79 Å². The molecule has 0 radical (unpaired) electrons. The number of hydrogen-bond acceptors (Lipinski definition) is 3. The van der Waals surface area contributed by atoms with Crippen molar-refractivity contribution in [2.75, 3.05) is 19.7 Å². The Morgan fingerprint density at radius 3 is 2.53 bits per heavy atom. The molecule has 5 nitrogen and oxygen atoms in total. The SMILES string of the molecule is CCC1CN(C(=O)C(C)=C(C)C(=O)O)CCO1. The molecule has 1 N–H and O–H groups in total. The molecule has 1 unspecified atom stereocenters. The van der Waals surface area contributed by atoms with E-state index < -0.39 is 5.97 Å². The number of carbonyl (C=O) groups is 2. The molecule has 0 aromatic heterocycles. The van der Waals surface area contributed by atoms with Crippen LogP contribution in [0.1, 0.15) is 27.2 Å². The van der Waals surface area contributed by atoms with E-state index in [0.29, 0.717) is 25.3 Å². The molecule has 1 heterocycles. The van der Waals surface area contributed by atoms with Crippen LogP contribution >= 0.6 is 0 Å². The van der Waals surface area contributed by atoms with Gasteiger partial charge >= 0.3 is 5.97 Å². The van der Waals surface area contributed by atoms with Crippen LogP contribution in [0.2, 0.25) is 0 Å². The highest BCUT2D eigenvalue weighted by Gasteiger charge is 2.25. The van der Waals surface area contributed by atoms with E-state index in [4.69, 9.17) is 9.84 Å². The van der Waals surface area contributed by atoms with E-state index in [1.165, 1.54) is 6.92 Å². The minimum atomic E-state index is -1.05. The van der Waals surface area contributed by atoms with Gasteiger partial charge in [0, 0.05) is 24.2 Å². The van der Waals surface area contributed by atoms with Crippen LogP contribution in [0, 0.1) is 0 Å². The molecule has 1 aliphatic heterocycles. The van der Waals surface area contributed by atoms with Gasteiger partial charge in [-0.15, -0.1) is 0 Å². The number of rotatable bonds is 3. The third-order valence-corrected chi connectivity index (χ3v) is 3.09. The highest BCUT2D eigenvalue weighted by atomic mass is 16.5. The maximum absolute atomic E-state index is 12.1. The molecule has 0 saturated carbocycles. The lowest BCUT2D eigenvalue weighted by atomic mass is 10.1. The lowest BCUT2D eigenvalue weighted by Crippen LogP contribution is -2.45. The predicted octanol–water partition coefficient (Wildman–Crippen LogP) is 1.04. The molecule has 1 rings (SSSR count). The van der Waals surface area contributed by atoms with Crippen LogP contribution in [0.25, 0.3) is 0 Å². The topological polar surface area (TPSA) is 66.8 Å². The Labute approximate surface area is 101 Å². The zero-order chi connectivity index (χ0) is 13.0. The fraction of sp³-hybridized carbons (Fsp3) is 0.667. The van der Waals surface area contributed by atoms with Gasteiger partial charge in [-0.2, -0.15) is 0 Å². The minimum absolute atomic E-state index is 0.0608. The predicted molar refractivity (Wildman–Crippen MR) is 62.6 cm³/mol. The van der Waals surface area contributed by atoms with Crippen LogP contribution < -0.4 is 0 Å². The molecule has 0 bridgehead atoms. The fourth-order valence-electron chi connectivity index (χ4n) is 1.71. The zero-order valence-electron chi connectivity index (χ0n) is 10.5. The number of carbonyl (C=O) groups excluding carboxylic acids is 1. The van der Waals surface area contributed by atoms with Gasteiger partial charge in [0.15, 0.2) is 0 Å². The van der Waals surface area contributed by atoms with Gasteiger partial charge in [-0.25, -0.2) is 4.79 Å². The number of hydrogen-bond donors (Lipinski definition) is 1. The van der Waals surface area contributed by atoms with Crippen LogP contribution in [-0.2, 0) is 14.3 Å². The monoisotopic (exact) mass is 241 g/mol. The van der Waals surface area contributed by atoms with E-state index in [-0.39, 0.29) is 17.6 Å². The van der Waals surface area contributed by atoms with Gasteiger partial charge in [0.05, 0.1) is 12.7 Å². The molecular weight excluding hydrogens is 222 g/mol. The first-order valence-corrected chi connectivity index (χ1v) is 5.79. The van der Waals surface area contributed by atoms with Gasteiger partial charge in [0.1, 0.15) is 0 Å². The summed E-state index contributed by atoms with van der Waals surface area (Å²) in [5.74, 6) is -1.25. The van der Waals surface area contributed by atoms with Crippen molar-refractivity contribution in [1.29, 1.82) is 0 Å². The largest absolute Gasteiger partial charge is 0.478 e. The number of ether oxygens (including phenoxy) is 1. The molecule has 0 spiro atoms. The number of morpholine rings is 1. The molecule has 1 aliphatic rings. The van der Waals surface area contributed by atoms with Crippen molar-refractivity contribution in [3.05, 3.63) is 11.1 Å². The van der Waals surface area contributed by atoms with Crippen LogP contribution in [0.4, 0.5) is 0 Å². The first kappa shape index (κ1) is 13.7. The van der Waals surface area contributed by atoms with Crippen molar-refractivity contribution in [2.24, 2.45) is 0 Å². The van der Waals surface area contributed by atoms with Gasteiger partial charge < -0.3 is 14.7 Å². The summed E-state index contributed by atoms with van der Waals surface area (Å²) < 4.78 is 5.47. The smallest absolute Gasteiger partial charge is 0.331 e. The molecule has 0 aromatic carbocycles. The van der Waals surface area contributed by atoms with Crippen molar-refractivity contribution in [2.45, 2.75) is 33.3 Å². The first-order chi connectivity index (χ1) is 7.97. The third kappa shape index (κ3) is 3.30. The van der Waals surface area contributed by atoms with Crippen molar-refractivity contribution in [3.8, 4) is 0 Å². The van der Waals surface area contributed by atoms with E-state index in [1.807, 2.05) is 6.92 Å². The molecule has 1 atom stereocenters. The van der Waals surface area contributed by atoms with Crippen molar-refractivity contribution >= 4 is 11.9 Å². The second-order valence-corrected chi connectivity index (χ2v) is 4.21. The van der Waals surface area contributed by atoms with Gasteiger partial charge in [-0.05, 0) is 20.3 Å². The summed E-state index contributed by atoms with van der Waals surface area (Å²) in [5, 5.41) is 8.84. The lowest BCUT2D eigenvalue weighted by molar-refractivity contribution is -0.136. The molecular formula is C12H19NO4. The summed E-state index contributed by atoms with van der Waals surface area (Å²) in [7, 11) is 0. The number of amides is 1. The second-order valence-electron chi connectivity index (χ2n) is 4.21. The Kier molecular flexibility index (Phi) is 4.69. The molecule has 0 aliphatic carbocycles. The highest BCUT2D eigenvalue weighted by Crippen LogP contribution is 2.13. The fourth-order valence-corrected chi connectivity index (χ4v) is 1.71. The molecule has 0 aromatic rings. The average Bonchev–Trinajstić information content (AvgIpc) is 2.36. The molecule has 1 fully saturated rings. The van der Waals surface area contributed by atoms with Crippen LogP contribution in [0.3, 0.4) is 0 Å². The molecule has 5 heteroatoms. The molecule has 17 heavy (non-hydrogen) atoms. The number of aliphatic carboxylic acids is 1. The van der Waals surface area contributed by atoms with E-state index in [9.17, 15) is 9.59 Å². The zero-order valence-corrected chi connectivity index (χ0v) is 10.5. The summed E-state index contributed by atoms with van der Waals surface area (Å²) in [6.07, 6.45) is 0.912. The van der Waals surface area contributed by atoms with Crippen LogP contribution in [0.5, 0.6) is 0 Å². The summed E-state index contributed by atoms with van der Waals surface area (Å²) in [5.41, 5.74) is 0.406. The Balaban J connectivity index is 2.76. The first-order valence-electron chi connectivity index (χ1n) is 5.79. The Hall–Kier alpha value is -1.36. The number of nitrogens with zero attached hydrogens (tertiary/aromatic N) is 1. The third-order valence-electron chi connectivity index (χ3n) is 3.09. The Morgan fingerprint density at radius 2 is 2.00 bits per heavy atom. The quantitative estimate of drug-likeness (QED) is 0.750. The molecule has 96 valence electrons. The Bertz CT molecular complexity index is 348. The lowest BCUT2D eigenvalue weighted by Gasteiger charge is -2.32. The maximum atomic E-state index is 12.1. The van der Waals surface area contributed by atoms with Gasteiger partial charge in [-0.1, -0.05) is 6.92 Å². The summed E-state index contributed by atoms with van der Waals surface area (Å²) in [6.45, 7) is 6.60. The van der Waals surface area contributed by atoms with Crippen molar-refractivity contribution < 1.29 is 19.4 Å². The van der Waals surface area contributed by atoms with Crippen LogP contribution in [0.15, 0.2) is 11.1 Å². The van der Waals surface area contributed by atoms with E-state index in [1.54, 1.807) is 11.8 Å². The average molecular weight is 241 g/mol. The summed E-state index contributed by atoms with van der Waals surface area (Å²) >= 11 is 0. The van der Waals surface area contributed by atoms with Gasteiger partial charge in [0.2, 0.25) is 5.91 Å². The summed E-state index contributed by atoms with van der Waals surface area (Å²) in [4.78, 5) is 24.5. The van der Waals surface area contributed by atoms with Gasteiger partial charge in [0.25, 0.3) is 0 Å². The van der Waals surface area contributed by atoms with E-state index in [2.05, 4.69) is 0 Å². The normalized spacial score (nSPS) is 22.1. The number of carboxylic acids is 1. The van der Waals surface area contributed by atoms with E-state index in [0.717, 1.165) is 6.42 Å². The van der Waals surface area contributed by atoms with Crippen LogP contribution in [-0.4, -0.2) is 47.7 Å². The van der Waals surface area contributed by atoms with Crippen molar-refractivity contribution in [1.82, 2.24) is 4.90 Å². The standard InChI is InChI=1S/C12H19NO4/c1-4-10-7-13(5-6-17-10)11(14)8(2)9(3)12(15)16/h10H,4-7H2,1-3H3,(H,15,16). The van der Waals surface area contributed by atoms with E-state index >= 15 is 0 Å². The summed E-state index contributed by atoms with van der Waals surface area (Å²) in [6, 6.07) is 0. The Morgan fingerprint density at radius 1 is 1.35 bits per heavy atom. The molecule has 1 amide bonds. The van der Waals surface area contributed by atoms with Crippen molar-refractivity contribution in [3.63, 3.8) is 0 Å². The minimum Gasteiger partial charge on any atom is -0.478 e. The number of carboxylic acid groups (broad SMARTS) is 1. The highest BCUT2D eigenvalue weighted by molar-refractivity contribution is 6.01.